The normalized spacial score (nSPS) is 11.5. The molecule has 4 nitrogen and oxygen atoms in total. The van der Waals surface area contributed by atoms with Gasteiger partial charge in [0, 0.05) is 12.2 Å². The summed E-state index contributed by atoms with van der Waals surface area (Å²) >= 11 is 6.84. The number of nitrogens with two attached hydrogens (primary N) is 1. The van der Waals surface area contributed by atoms with E-state index in [0.29, 0.717) is 22.3 Å². The van der Waals surface area contributed by atoms with Crippen molar-refractivity contribution in [1.82, 2.24) is 0 Å². The minimum Gasteiger partial charge on any atom is -0.399 e. The molecule has 0 unspecified atom stereocenters. The van der Waals surface area contributed by atoms with Gasteiger partial charge in [-0.2, -0.15) is 0 Å². The molecule has 0 aliphatic heterocycles. The van der Waals surface area contributed by atoms with Crippen LogP contribution in [0.3, 0.4) is 0 Å². The van der Waals surface area contributed by atoms with Gasteiger partial charge in [0.1, 0.15) is 4.21 Å². The van der Waals surface area contributed by atoms with Crippen LogP contribution in [-0.4, -0.2) is 15.0 Å². The van der Waals surface area contributed by atoms with E-state index in [1.807, 2.05) is 0 Å². The highest BCUT2D eigenvalue weighted by Crippen LogP contribution is 2.31. The maximum Gasteiger partial charge on any atom is 0.273 e. The van der Waals surface area contributed by atoms with E-state index < -0.39 is 10.0 Å². The summed E-state index contributed by atoms with van der Waals surface area (Å²) in [5.74, 6) is 0. The lowest BCUT2D eigenvalue weighted by molar-refractivity contribution is 0.594. The third-order valence-electron chi connectivity index (χ3n) is 2.54. The van der Waals surface area contributed by atoms with Crippen LogP contribution in [0.25, 0.3) is 0 Å². The molecule has 7 heteroatoms. The molecule has 0 spiro atoms. The van der Waals surface area contributed by atoms with Gasteiger partial charge in [-0.05, 0) is 37.3 Å². The highest BCUT2D eigenvalue weighted by Gasteiger charge is 2.25. The average molecular weight is 317 g/mol. The first kappa shape index (κ1) is 14.2. The van der Waals surface area contributed by atoms with Gasteiger partial charge in [0.15, 0.2) is 0 Å². The molecule has 0 radical (unpaired) electrons. The summed E-state index contributed by atoms with van der Waals surface area (Å²) in [6.45, 7) is 2.09. The SMILES string of the molecule is CCN(c1cccc(N)c1)S(=O)(=O)c1ccc(Cl)s1. The minimum atomic E-state index is -3.59. The standard InChI is InChI=1S/C12H13ClN2O2S2/c1-2-15(10-5-3-4-9(14)8-10)19(16,17)12-7-6-11(13)18-12/h3-8H,2,14H2,1H3. The van der Waals surface area contributed by atoms with E-state index in [-0.39, 0.29) is 4.21 Å². The number of nitrogens with zero attached hydrogens (tertiary/aromatic N) is 1. The second-order valence-electron chi connectivity index (χ2n) is 3.82. The van der Waals surface area contributed by atoms with Crippen LogP contribution in [0.5, 0.6) is 0 Å². The molecule has 0 fully saturated rings. The van der Waals surface area contributed by atoms with Crippen LogP contribution in [0.4, 0.5) is 11.4 Å². The molecule has 0 aliphatic rings. The molecule has 2 rings (SSSR count). The van der Waals surface area contributed by atoms with E-state index in [1.54, 1.807) is 37.3 Å². The summed E-state index contributed by atoms with van der Waals surface area (Å²) in [4.78, 5) is 0. The summed E-state index contributed by atoms with van der Waals surface area (Å²) in [7, 11) is -3.59. The Hall–Kier alpha value is -1.24. The molecular formula is C12H13ClN2O2S2. The van der Waals surface area contributed by atoms with Crippen LogP contribution < -0.4 is 10.0 Å². The molecule has 2 N–H and O–H groups in total. The zero-order valence-corrected chi connectivity index (χ0v) is 12.6. The van der Waals surface area contributed by atoms with Crippen LogP contribution in [0.1, 0.15) is 6.92 Å². The molecule has 2 aromatic rings. The fourth-order valence-corrected chi connectivity index (χ4v) is 4.78. The van der Waals surface area contributed by atoms with Crippen molar-refractivity contribution in [3.05, 3.63) is 40.7 Å². The molecule has 0 amide bonds. The van der Waals surface area contributed by atoms with Crippen molar-refractivity contribution >= 4 is 44.3 Å². The molecular weight excluding hydrogens is 304 g/mol. The van der Waals surface area contributed by atoms with Crippen LogP contribution >= 0.6 is 22.9 Å². The zero-order valence-electron chi connectivity index (χ0n) is 10.2. The van der Waals surface area contributed by atoms with Crippen molar-refractivity contribution in [2.45, 2.75) is 11.1 Å². The van der Waals surface area contributed by atoms with Gasteiger partial charge in [0.25, 0.3) is 10.0 Å². The van der Waals surface area contributed by atoms with Crippen molar-refractivity contribution in [3.63, 3.8) is 0 Å². The highest BCUT2D eigenvalue weighted by atomic mass is 35.5. The van der Waals surface area contributed by atoms with Crippen molar-refractivity contribution in [2.75, 3.05) is 16.6 Å². The number of thiophene rings is 1. The van der Waals surface area contributed by atoms with Crippen LogP contribution in [-0.2, 0) is 10.0 Å². The van der Waals surface area contributed by atoms with Gasteiger partial charge >= 0.3 is 0 Å². The fraction of sp³-hybridized carbons (Fsp3) is 0.167. The van der Waals surface area contributed by atoms with Crippen LogP contribution in [0.15, 0.2) is 40.6 Å². The van der Waals surface area contributed by atoms with Crippen molar-refractivity contribution in [2.24, 2.45) is 0 Å². The van der Waals surface area contributed by atoms with E-state index in [4.69, 9.17) is 17.3 Å². The zero-order chi connectivity index (χ0) is 14.0. The van der Waals surface area contributed by atoms with Gasteiger partial charge in [-0.15, -0.1) is 11.3 Å². The quantitative estimate of drug-likeness (QED) is 0.881. The highest BCUT2D eigenvalue weighted by molar-refractivity contribution is 7.94. The maximum absolute atomic E-state index is 12.5. The molecule has 0 aliphatic carbocycles. The number of hydrogen-bond donors (Lipinski definition) is 1. The largest absolute Gasteiger partial charge is 0.399 e. The Kier molecular flexibility index (Phi) is 4.03. The van der Waals surface area contributed by atoms with Crippen LogP contribution in [0, 0.1) is 0 Å². The molecule has 102 valence electrons. The summed E-state index contributed by atoms with van der Waals surface area (Å²) < 4.78 is 27.0. The molecule has 19 heavy (non-hydrogen) atoms. The van der Waals surface area contributed by atoms with Gasteiger partial charge in [-0.25, -0.2) is 8.42 Å². The van der Waals surface area contributed by atoms with Gasteiger partial charge in [-0.1, -0.05) is 17.7 Å². The lowest BCUT2D eigenvalue weighted by atomic mass is 10.3. The number of sulfonamides is 1. The minimum absolute atomic E-state index is 0.224. The first-order valence-corrected chi connectivity index (χ1v) is 8.22. The Balaban J connectivity index is 2.47. The Morgan fingerprint density at radius 3 is 2.58 bits per heavy atom. The van der Waals surface area contributed by atoms with E-state index in [9.17, 15) is 8.42 Å². The molecule has 0 saturated carbocycles. The average Bonchev–Trinajstić information content (AvgIpc) is 2.77. The topological polar surface area (TPSA) is 63.4 Å². The smallest absolute Gasteiger partial charge is 0.273 e. The van der Waals surface area contributed by atoms with E-state index in [2.05, 4.69) is 0 Å². The van der Waals surface area contributed by atoms with Crippen LogP contribution in [0.2, 0.25) is 4.34 Å². The maximum atomic E-state index is 12.5. The summed E-state index contributed by atoms with van der Waals surface area (Å²) in [6, 6.07) is 9.88. The molecule has 0 bridgehead atoms. The van der Waals surface area contributed by atoms with Crippen molar-refractivity contribution in [3.8, 4) is 0 Å². The number of benzene rings is 1. The number of nitrogen functional groups attached to an aromatic ring is 1. The monoisotopic (exact) mass is 316 g/mol. The van der Waals surface area contributed by atoms with Crippen molar-refractivity contribution in [1.29, 1.82) is 0 Å². The molecule has 0 saturated heterocycles. The van der Waals surface area contributed by atoms with E-state index in [1.165, 1.54) is 10.4 Å². The number of anilines is 2. The third kappa shape index (κ3) is 2.86. The first-order chi connectivity index (χ1) is 8.95. The predicted octanol–water partition coefficient (Wildman–Crippen LogP) is 3.20. The summed E-state index contributed by atoms with van der Waals surface area (Å²) in [5, 5.41) is 0. The van der Waals surface area contributed by atoms with Gasteiger partial charge < -0.3 is 5.73 Å². The number of rotatable bonds is 4. The van der Waals surface area contributed by atoms with Gasteiger partial charge in [0.05, 0.1) is 10.0 Å². The number of halogens is 1. The van der Waals surface area contributed by atoms with E-state index >= 15 is 0 Å². The first-order valence-electron chi connectivity index (χ1n) is 5.58. The summed E-state index contributed by atoms with van der Waals surface area (Å²) in [6.07, 6.45) is 0. The van der Waals surface area contributed by atoms with Crippen molar-refractivity contribution < 1.29 is 8.42 Å². The second-order valence-corrected chi connectivity index (χ2v) is 7.63. The predicted molar refractivity (Wildman–Crippen MR) is 80.4 cm³/mol. The Bertz CT molecular complexity index is 683. The Morgan fingerprint density at radius 1 is 1.32 bits per heavy atom. The third-order valence-corrected chi connectivity index (χ3v) is 6.14. The lowest BCUT2D eigenvalue weighted by Gasteiger charge is -2.22. The Morgan fingerprint density at radius 2 is 2.05 bits per heavy atom. The second kappa shape index (κ2) is 5.40. The van der Waals surface area contributed by atoms with Gasteiger partial charge in [-0.3, -0.25) is 4.31 Å². The van der Waals surface area contributed by atoms with Gasteiger partial charge in [0.2, 0.25) is 0 Å². The molecule has 1 heterocycles. The molecule has 1 aromatic heterocycles. The summed E-state index contributed by atoms with van der Waals surface area (Å²) in [5.41, 5.74) is 6.77. The molecule has 1 aromatic carbocycles. The molecule has 0 atom stereocenters. The number of hydrogen-bond acceptors (Lipinski definition) is 4. The fourth-order valence-electron chi connectivity index (χ4n) is 1.72. The Labute approximate surface area is 121 Å². The lowest BCUT2D eigenvalue weighted by Crippen LogP contribution is -2.30. The van der Waals surface area contributed by atoms with E-state index in [0.717, 1.165) is 11.3 Å².